The SMILES string of the molecule is Fc1ccc2[nH]cc(Cl)c2c1. The number of hydrogen-bond donors (Lipinski definition) is 1. The van der Waals surface area contributed by atoms with Gasteiger partial charge in [-0.25, -0.2) is 4.39 Å². The summed E-state index contributed by atoms with van der Waals surface area (Å²) in [5.41, 5.74) is 0.858. The second-order valence-electron chi connectivity index (χ2n) is 2.33. The summed E-state index contributed by atoms with van der Waals surface area (Å²) in [7, 11) is 0. The summed E-state index contributed by atoms with van der Waals surface area (Å²) in [5.74, 6) is -0.265. The molecule has 2 rings (SSSR count). The Morgan fingerprint density at radius 1 is 1.36 bits per heavy atom. The third-order valence-electron chi connectivity index (χ3n) is 1.59. The Labute approximate surface area is 67.8 Å². The average Bonchev–Trinajstić information content (AvgIpc) is 2.33. The van der Waals surface area contributed by atoms with E-state index < -0.39 is 0 Å². The van der Waals surface area contributed by atoms with Gasteiger partial charge in [-0.1, -0.05) is 11.6 Å². The molecule has 0 spiro atoms. The molecular formula is C8H5ClFN. The van der Waals surface area contributed by atoms with Gasteiger partial charge in [-0.05, 0) is 18.2 Å². The Hall–Kier alpha value is -1.02. The van der Waals surface area contributed by atoms with Crippen molar-refractivity contribution >= 4 is 22.5 Å². The molecule has 0 radical (unpaired) electrons. The van der Waals surface area contributed by atoms with Crippen LogP contribution in [0.1, 0.15) is 0 Å². The molecule has 0 aliphatic rings. The Morgan fingerprint density at radius 2 is 2.18 bits per heavy atom. The van der Waals surface area contributed by atoms with E-state index in [9.17, 15) is 4.39 Å². The topological polar surface area (TPSA) is 15.8 Å². The van der Waals surface area contributed by atoms with Crippen LogP contribution < -0.4 is 0 Å². The van der Waals surface area contributed by atoms with Crippen molar-refractivity contribution in [2.45, 2.75) is 0 Å². The number of H-pyrrole nitrogens is 1. The van der Waals surface area contributed by atoms with Crippen LogP contribution in [-0.4, -0.2) is 4.98 Å². The first-order valence-electron chi connectivity index (χ1n) is 3.19. The van der Waals surface area contributed by atoms with Crippen LogP contribution in [0, 0.1) is 5.82 Å². The number of benzene rings is 1. The lowest BCUT2D eigenvalue weighted by Crippen LogP contribution is -1.71. The summed E-state index contributed by atoms with van der Waals surface area (Å²) < 4.78 is 12.6. The monoisotopic (exact) mass is 169 g/mol. The molecule has 0 bridgehead atoms. The van der Waals surface area contributed by atoms with Gasteiger partial charge in [0.05, 0.1) is 5.02 Å². The van der Waals surface area contributed by atoms with Crippen LogP contribution in [0.15, 0.2) is 24.4 Å². The van der Waals surface area contributed by atoms with E-state index in [1.807, 2.05) is 0 Å². The minimum Gasteiger partial charge on any atom is -0.360 e. The van der Waals surface area contributed by atoms with Crippen molar-refractivity contribution in [2.24, 2.45) is 0 Å². The Bertz CT molecular complexity index is 394. The minimum atomic E-state index is -0.265. The van der Waals surface area contributed by atoms with E-state index in [-0.39, 0.29) is 5.82 Å². The third-order valence-corrected chi connectivity index (χ3v) is 1.91. The molecule has 1 aromatic heterocycles. The Balaban J connectivity index is 2.87. The molecule has 0 fully saturated rings. The van der Waals surface area contributed by atoms with Crippen molar-refractivity contribution < 1.29 is 4.39 Å². The van der Waals surface area contributed by atoms with Gasteiger partial charge >= 0.3 is 0 Å². The molecule has 0 unspecified atom stereocenters. The van der Waals surface area contributed by atoms with Crippen LogP contribution in [0.4, 0.5) is 4.39 Å². The van der Waals surface area contributed by atoms with E-state index in [1.54, 1.807) is 12.3 Å². The molecular weight excluding hydrogens is 165 g/mol. The molecule has 0 aliphatic heterocycles. The smallest absolute Gasteiger partial charge is 0.124 e. The maximum Gasteiger partial charge on any atom is 0.124 e. The third kappa shape index (κ3) is 0.994. The molecule has 0 atom stereocenters. The predicted octanol–water partition coefficient (Wildman–Crippen LogP) is 2.96. The summed E-state index contributed by atoms with van der Waals surface area (Å²) >= 11 is 5.75. The standard InChI is InChI=1S/C8H5ClFN/c9-7-4-11-8-2-1-5(10)3-6(7)8/h1-4,11H. The molecule has 3 heteroatoms. The number of fused-ring (bicyclic) bond motifs is 1. The lowest BCUT2D eigenvalue weighted by Gasteiger charge is -1.89. The van der Waals surface area contributed by atoms with Crippen LogP contribution in [0.25, 0.3) is 10.9 Å². The van der Waals surface area contributed by atoms with E-state index in [1.165, 1.54) is 12.1 Å². The van der Waals surface area contributed by atoms with Gasteiger partial charge in [-0.15, -0.1) is 0 Å². The molecule has 0 saturated heterocycles. The maximum absolute atomic E-state index is 12.6. The summed E-state index contributed by atoms with van der Waals surface area (Å²) in [5, 5.41) is 1.28. The van der Waals surface area contributed by atoms with Crippen LogP contribution in [0.2, 0.25) is 5.02 Å². The van der Waals surface area contributed by atoms with Gasteiger partial charge in [0.25, 0.3) is 0 Å². The highest BCUT2D eigenvalue weighted by Crippen LogP contribution is 2.22. The van der Waals surface area contributed by atoms with Gasteiger partial charge in [0, 0.05) is 17.1 Å². The highest BCUT2D eigenvalue weighted by atomic mass is 35.5. The van der Waals surface area contributed by atoms with Crippen molar-refractivity contribution in [2.75, 3.05) is 0 Å². The number of nitrogens with one attached hydrogen (secondary N) is 1. The van der Waals surface area contributed by atoms with Crippen molar-refractivity contribution in [1.29, 1.82) is 0 Å². The number of aromatic nitrogens is 1. The highest BCUT2D eigenvalue weighted by molar-refractivity contribution is 6.35. The number of rotatable bonds is 0. The molecule has 1 aromatic carbocycles. The van der Waals surface area contributed by atoms with E-state index in [2.05, 4.69) is 4.98 Å². The van der Waals surface area contributed by atoms with Crippen molar-refractivity contribution in [3.8, 4) is 0 Å². The van der Waals surface area contributed by atoms with Crippen molar-refractivity contribution in [3.05, 3.63) is 35.2 Å². The van der Waals surface area contributed by atoms with E-state index in [4.69, 9.17) is 11.6 Å². The summed E-state index contributed by atoms with van der Waals surface area (Å²) in [6, 6.07) is 4.47. The first kappa shape index (κ1) is 6.68. The molecule has 0 aliphatic carbocycles. The first-order valence-corrected chi connectivity index (χ1v) is 3.57. The molecule has 1 nitrogen and oxygen atoms in total. The zero-order valence-electron chi connectivity index (χ0n) is 5.57. The molecule has 0 saturated carbocycles. The summed E-state index contributed by atoms with van der Waals surface area (Å²) in [6.07, 6.45) is 1.64. The maximum atomic E-state index is 12.6. The number of halogens is 2. The lowest BCUT2D eigenvalue weighted by molar-refractivity contribution is 0.630. The lowest BCUT2D eigenvalue weighted by atomic mass is 10.2. The van der Waals surface area contributed by atoms with Crippen LogP contribution in [-0.2, 0) is 0 Å². The average molecular weight is 170 g/mol. The fourth-order valence-electron chi connectivity index (χ4n) is 1.06. The molecule has 11 heavy (non-hydrogen) atoms. The molecule has 1 heterocycles. The zero-order chi connectivity index (χ0) is 7.84. The van der Waals surface area contributed by atoms with Gasteiger partial charge in [-0.2, -0.15) is 0 Å². The molecule has 0 amide bonds. The Morgan fingerprint density at radius 3 is 3.00 bits per heavy atom. The highest BCUT2D eigenvalue weighted by Gasteiger charge is 2.00. The van der Waals surface area contributed by atoms with E-state index in [0.717, 1.165) is 10.9 Å². The quantitative estimate of drug-likeness (QED) is 0.624. The van der Waals surface area contributed by atoms with E-state index >= 15 is 0 Å². The van der Waals surface area contributed by atoms with Gasteiger partial charge in [-0.3, -0.25) is 0 Å². The van der Waals surface area contributed by atoms with Crippen LogP contribution in [0.3, 0.4) is 0 Å². The minimum absolute atomic E-state index is 0.265. The second-order valence-corrected chi connectivity index (χ2v) is 2.73. The van der Waals surface area contributed by atoms with Crippen LogP contribution in [0.5, 0.6) is 0 Å². The summed E-state index contributed by atoms with van der Waals surface area (Å²) in [6.45, 7) is 0. The predicted molar refractivity (Wildman–Crippen MR) is 43.3 cm³/mol. The molecule has 1 N–H and O–H groups in total. The van der Waals surface area contributed by atoms with Crippen LogP contribution >= 0.6 is 11.6 Å². The molecule has 2 aromatic rings. The van der Waals surface area contributed by atoms with Gasteiger partial charge in [0.2, 0.25) is 0 Å². The normalized spacial score (nSPS) is 10.7. The van der Waals surface area contributed by atoms with Gasteiger partial charge in [0.15, 0.2) is 0 Å². The summed E-state index contributed by atoms with van der Waals surface area (Å²) in [4.78, 5) is 2.92. The zero-order valence-corrected chi connectivity index (χ0v) is 6.32. The fourth-order valence-corrected chi connectivity index (χ4v) is 1.27. The number of aromatic amines is 1. The number of hydrogen-bond acceptors (Lipinski definition) is 0. The van der Waals surface area contributed by atoms with Crippen molar-refractivity contribution in [3.63, 3.8) is 0 Å². The second kappa shape index (κ2) is 2.24. The van der Waals surface area contributed by atoms with E-state index in [0.29, 0.717) is 5.02 Å². The largest absolute Gasteiger partial charge is 0.360 e. The fraction of sp³-hybridized carbons (Fsp3) is 0. The van der Waals surface area contributed by atoms with Gasteiger partial charge < -0.3 is 4.98 Å². The van der Waals surface area contributed by atoms with Gasteiger partial charge in [0.1, 0.15) is 5.82 Å². The first-order chi connectivity index (χ1) is 5.27. The molecule has 56 valence electrons. The van der Waals surface area contributed by atoms with Crippen molar-refractivity contribution in [1.82, 2.24) is 4.98 Å². The Kier molecular flexibility index (Phi) is 1.36.